The molecule has 2 aromatic heterocycles. The number of benzene rings is 1. The number of hydrazine groups is 1. The Hall–Kier alpha value is -4.41. The van der Waals surface area contributed by atoms with E-state index in [4.69, 9.17) is 21.7 Å². The molecule has 1 saturated carbocycles. The highest BCUT2D eigenvalue weighted by Gasteiger charge is 2.27. The fraction of sp³-hybridized carbons (Fsp3) is 0.464. The van der Waals surface area contributed by atoms with E-state index in [-0.39, 0.29) is 30.1 Å². The Morgan fingerprint density at radius 1 is 1.02 bits per heavy atom. The van der Waals surface area contributed by atoms with Crippen molar-refractivity contribution >= 4 is 23.6 Å². The van der Waals surface area contributed by atoms with Gasteiger partial charge in [0.15, 0.2) is 11.6 Å². The number of nitrogens with zero attached hydrogens (tertiary/aromatic N) is 6. The van der Waals surface area contributed by atoms with Gasteiger partial charge in [-0.1, -0.05) is 6.07 Å². The second-order valence-corrected chi connectivity index (χ2v) is 11.1. The van der Waals surface area contributed by atoms with E-state index in [0.717, 1.165) is 56.2 Å². The van der Waals surface area contributed by atoms with Gasteiger partial charge >= 0.3 is 6.03 Å². The van der Waals surface area contributed by atoms with Gasteiger partial charge in [-0.2, -0.15) is 15.0 Å². The van der Waals surface area contributed by atoms with Crippen LogP contribution in [0.2, 0.25) is 0 Å². The van der Waals surface area contributed by atoms with Crippen molar-refractivity contribution in [2.75, 3.05) is 29.4 Å². The van der Waals surface area contributed by atoms with Crippen molar-refractivity contribution in [3.63, 3.8) is 0 Å². The van der Waals surface area contributed by atoms with Crippen LogP contribution in [0, 0.1) is 11.3 Å². The summed E-state index contributed by atoms with van der Waals surface area (Å²) >= 11 is 0. The van der Waals surface area contributed by atoms with E-state index in [1.54, 1.807) is 12.3 Å². The highest BCUT2D eigenvalue weighted by Crippen LogP contribution is 2.29. The lowest BCUT2D eigenvalue weighted by molar-refractivity contribution is 0.193. The number of carbonyl (C=O) groups excluding carboxylic acids is 1. The molecule has 0 radical (unpaired) electrons. The van der Waals surface area contributed by atoms with Crippen LogP contribution >= 0.6 is 0 Å². The Morgan fingerprint density at radius 2 is 1.80 bits per heavy atom. The maximum absolute atomic E-state index is 12.7. The summed E-state index contributed by atoms with van der Waals surface area (Å²) in [7, 11) is 0. The van der Waals surface area contributed by atoms with Gasteiger partial charge < -0.3 is 26.5 Å². The molecule has 3 aromatic rings. The SMILES string of the molecule is N#Cc1ccc2c(c1)CC(NC(=O)NC1CCC(Nc3nccc(N(N)c4cc(C5CCOC5)n(N)n4)n3)CC1)C2. The fourth-order valence-electron chi connectivity index (χ4n) is 6.02. The van der Waals surface area contributed by atoms with Gasteiger partial charge in [0.05, 0.1) is 23.9 Å². The number of nitrogens with two attached hydrogens (primary N) is 2. The van der Waals surface area contributed by atoms with Crippen LogP contribution in [0.5, 0.6) is 0 Å². The van der Waals surface area contributed by atoms with Gasteiger partial charge in [-0.3, -0.25) is 0 Å². The first kappa shape index (κ1) is 26.8. The van der Waals surface area contributed by atoms with E-state index in [1.807, 2.05) is 24.3 Å². The molecule has 3 aliphatic rings. The summed E-state index contributed by atoms with van der Waals surface area (Å²) in [5, 5.41) is 24.6. The van der Waals surface area contributed by atoms with Gasteiger partial charge in [0, 0.05) is 49.0 Å². The van der Waals surface area contributed by atoms with Crippen LogP contribution < -0.4 is 32.6 Å². The van der Waals surface area contributed by atoms with Crippen LogP contribution in [-0.2, 0) is 17.6 Å². The van der Waals surface area contributed by atoms with E-state index < -0.39 is 0 Å². The molecule has 1 aliphatic heterocycles. The van der Waals surface area contributed by atoms with Crippen LogP contribution in [0.1, 0.15) is 60.4 Å². The first-order valence-electron chi connectivity index (χ1n) is 14.1. The number of hydrogen-bond acceptors (Lipinski definition) is 10. The van der Waals surface area contributed by atoms with Crippen molar-refractivity contribution < 1.29 is 9.53 Å². The molecule has 2 aliphatic carbocycles. The van der Waals surface area contributed by atoms with Crippen LogP contribution in [0.4, 0.5) is 22.4 Å². The van der Waals surface area contributed by atoms with Gasteiger partial charge in [0.25, 0.3) is 0 Å². The number of fused-ring (bicyclic) bond motifs is 1. The molecule has 0 spiro atoms. The Kier molecular flexibility index (Phi) is 7.58. The molecule has 13 heteroatoms. The minimum absolute atomic E-state index is 0.0467. The second kappa shape index (κ2) is 11.6. The number of anilines is 3. The highest BCUT2D eigenvalue weighted by atomic mass is 16.5. The van der Waals surface area contributed by atoms with Crippen molar-refractivity contribution in [3.05, 3.63) is 58.9 Å². The maximum atomic E-state index is 12.7. The number of urea groups is 1. The normalized spacial score (nSPS) is 23.4. The smallest absolute Gasteiger partial charge is 0.315 e. The number of rotatable bonds is 7. The van der Waals surface area contributed by atoms with Gasteiger partial charge in [0.2, 0.25) is 5.95 Å². The summed E-state index contributed by atoms with van der Waals surface area (Å²) in [6.07, 6.45) is 7.56. The monoisotopic (exact) mass is 557 g/mol. The van der Waals surface area contributed by atoms with Crippen molar-refractivity contribution in [2.24, 2.45) is 5.84 Å². The van der Waals surface area contributed by atoms with Crippen molar-refractivity contribution in [3.8, 4) is 6.07 Å². The standard InChI is InChI=1S/C28H35N11O2/c29-15-17-1-2-18-12-23(13-20(18)11-17)35-28(40)34-22-5-3-21(4-6-22)33-27-32-9-7-25(36-27)38(30)26-14-24(39(31)37-26)19-8-10-41-16-19/h1-2,7,9,11,14,19,21-23H,3-6,8,10,12-13,16,30-31H2,(H,32,33,36)(H2,34,35,40). The Morgan fingerprint density at radius 3 is 2.59 bits per heavy atom. The summed E-state index contributed by atoms with van der Waals surface area (Å²) in [6, 6.07) is 11.7. The van der Waals surface area contributed by atoms with E-state index >= 15 is 0 Å². The Balaban J connectivity index is 0.974. The topological polar surface area (TPSA) is 185 Å². The molecule has 6 rings (SSSR count). The summed E-state index contributed by atoms with van der Waals surface area (Å²) in [6.45, 7) is 1.34. The zero-order valence-corrected chi connectivity index (χ0v) is 22.8. The summed E-state index contributed by atoms with van der Waals surface area (Å²) in [4.78, 5) is 23.0. The number of hydrogen-bond donors (Lipinski definition) is 5. The van der Waals surface area contributed by atoms with Gasteiger partial charge in [-0.25, -0.2) is 20.6 Å². The first-order chi connectivity index (χ1) is 19.9. The van der Waals surface area contributed by atoms with E-state index in [9.17, 15) is 4.79 Å². The molecule has 2 atom stereocenters. The number of nitrogen functional groups attached to an aromatic ring is 1. The molecule has 2 fully saturated rings. The molecule has 13 nitrogen and oxygen atoms in total. The average Bonchev–Trinajstić information content (AvgIpc) is 3.73. The lowest BCUT2D eigenvalue weighted by Crippen LogP contribution is -2.48. The number of amides is 2. The van der Waals surface area contributed by atoms with E-state index in [0.29, 0.717) is 36.4 Å². The largest absolute Gasteiger partial charge is 0.381 e. The third-order valence-corrected chi connectivity index (χ3v) is 8.23. The van der Waals surface area contributed by atoms with Crippen molar-refractivity contribution in [2.45, 2.75) is 69.0 Å². The molecule has 1 aromatic carbocycles. The lowest BCUT2D eigenvalue weighted by atomic mass is 9.91. The quantitative estimate of drug-likeness (QED) is 0.212. The Labute approximate surface area is 238 Å². The average molecular weight is 558 g/mol. The molecular formula is C28H35N11O2. The number of aromatic nitrogens is 4. The van der Waals surface area contributed by atoms with E-state index in [2.05, 4.69) is 37.1 Å². The van der Waals surface area contributed by atoms with Crippen molar-refractivity contribution in [1.29, 1.82) is 5.26 Å². The zero-order valence-electron chi connectivity index (χ0n) is 22.8. The summed E-state index contributed by atoms with van der Waals surface area (Å²) in [5.74, 6) is 14.1. The summed E-state index contributed by atoms with van der Waals surface area (Å²) in [5.41, 5.74) is 3.87. The highest BCUT2D eigenvalue weighted by molar-refractivity contribution is 5.75. The van der Waals surface area contributed by atoms with Crippen molar-refractivity contribution in [1.82, 2.24) is 30.5 Å². The molecule has 3 heterocycles. The van der Waals surface area contributed by atoms with Crippen LogP contribution in [0.3, 0.4) is 0 Å². The molecular weight excluding hydrogens is 522 g/mol. The Bertz CT molecular complexity index is 1440. The molecule has 1 saturated heterocycles. The van der Waals surface area contributed by atoms with Gasteiger partial charge in [0.1, 0.15) is 0 Å². The summed E-state index contributed by atoms with van der Waals surface area (Å²) < 4.78 is 5.48. The molecule has 0 bridgehead atoms. The number of carbonyl (C=O) groups is 1. The lowest BCUT2D eigenvalue weighted by Gasteiger charge is -2.30. The number of nitrogens with one attached hydrogen (secondary N) is 3. The zero-order chi connectivity index (χ0) is 28.3. The van der Waals surface area contributed by atoms with Crippen LogP contribution in [0.15, 0.2) is 36.5 Å². The first-order valence-corrected chi connectivity index (χ1v) is 14.1. The molecule has 7 N–H and O–H groups in total. The second-order valence-electron chi connectivity index (χ2n) is 11.1. The van der Waals surface area contributed by atoms with Gasteiger partial charge in [-0.15, -0.1) is 5.10 Å². The minimum atomic E-state index is -0.137. The molecule has 41 heavy (non-hydrogen) atoms. The number of ether oxygens (including phenoxy) is 1. The van der Waals surface area contributed by atoms with E-state index in [1.165, 1.54) is 15.4 Å². The minimum Gasteiger partial charge on any atom is -0.381 e. The molecule has 2 unspecified atom stereocenters. The van der Waals surface area contributed by atoms with Crippen LogP contribution in [0.25, 0.3) is 0 Å². The van der Waals surface area contributed by atoms with Gasteiger partial charge in [-0.05, 0) is 68.2 Å². The third-order valence-electron chi connectivity index (χ3n) is 8.23. The fourth-order valence-corrected chi connectivity index (χ4v) is 6.02. The predicted octanol–water partition coefficient (Wildman–Crippen LogP) is 1.96. The molecule has 214 valence electrons. The predicted molar refractivity (Wildman–Crippen MR) is 153 cm³/mol. The maximum Gasteiger partial charge on any atom is 0.315 e. The third kappa shape index (κ3) is 6.03. The number of nitriles is 1. The van der Waals surface area contributed by atoms with Crippen LogP contribution in [-0.4, -0.2) is 57.2 Å². The molecule has 2 amide bonds.